The van der Waals surface area contributed by atoms with Gasteiger partial charge in [0.25, 0.3) is 0 Å². The second-order valence-corrected chi connectivity index (χ2v) is 19.0. The van der Waals surface area contributed by atoms with Crippen LogP contribution in [0, 0.1) is 0 Å². The molecule has 0 aliphatic heterocycles. The molecule has 0 radical (unpaired) electrons. The van der Waals surface area contributed by atoms with Crippen LogP contribution in [0.5, 0.6) is 0 Å². The molecule has 63 heavy (non-hydrogen) atoms. The molecule has 370 valence electrons. The van der Waals surface area contributed by atoms with Gasteiger partial charge in [-0.05, 0) is 51.4 Å². The number of carbonyl (C=O) groups excluding carboxylic acids is 2. The summed E-state index contributed by atoms with van der Waals surface area (Å²) in [6.45, 7) is 4.17. The van der Waals surface area contributed by atoms with Gasteiger partial charge in [-0.3, -0.25) is 9.59 Å². The van der Waals surface area contributed by atoms with Crippen molar-refractivity contribution in [3.05, 3.63) is 36.5 Å². The molecule has 1 unspecified atom stereocenters. The van der Waals surface area contributed by atoms with Crippen LogP contribution in [0.3, 0.4) is 0 Å². The number of esters is 2. The fraction of sp³-hybridized carbons (Fsp3) is 0.862. The number of hydrogen-bond donors (Lipinski definition) is 1. The van der Waals surface area contributed by atoms with Gasteiger partial charge in [0.1, 0.15) is 6.61 Å². The second-order valence-electron chi connectivity index (χ2n) is 19.0. The van der Waals surface area contributed by atoms with Crippen molar-refractivity contribution < 1.29 is 24.2 Å². The summed E-state index contributed by atoms with van der Waals surface area (Å²) in [6, 6.07) is 0. The summed E-state index contributed by atoms with van der Waals surface area (Å²) in [6.07, 6.45) is 69.7. The van der Waals surface area contributed by atoms with E-state index in [9.17, 15) is 14.7 Å². The first kappa shape index (κ1) is 61.1. The van der Waals surface area contributed by atoms with E-state index in [2.05, 4.69) is 50.3 Å². The molecule has 0 heterocycles. The molecule has 1 atom stereocenters. The van der Waals surface area contributed by atoms with Crippen LogP contribution >= 0.6 is 0 Å². The zero-order chi connectivity index (χ0) is 45.6. The Morgan fingerprint density at radius 2 is 0.635 bits per heavy atom. The average molecular weight is 885 g/mol. The molecule has 0 aliphatic carbocycles. The summed E-state index contributed by atoms with van der Waals surface area (Å²) >= 11 is 0. The first-order valence-electron chi connectivity index (χ1n) is 28.0. The second kappa shape index (κ2) is 54.5. The summed E-state index contributed by atoms with van der Waals surface area (Å²) in [7, 11) is 0. The standard InChI is InChI=1S/C58H108O5/c1-3-5-7-9-11-13-15-17-19-21-23-25-27-29-31-33-35-37-39-41-43-45-47-49-51-53-58(61)63-56(54-59)55-62-57(60)52-50-48-46-44-42-40-38-36-34-32-30-28-26-24-22-20-18-16-14-12-10-8-6-4-2/h15,17,21,23,27,29,56,59H,3-14,16,18-20,22,24-26,28,30-55H2,1-2H3/b17-15-,23-21-,29-27-. The van der Waals surface area contributed by atoms with E-state index >= 15 is 0 Å². The number of ether oxygens (including phenoxy) is 2. The van der Waals surface area contributed by atoms with Gasteiger partial charge in [-0.25, -0.2) is 0 Å². The molecular formula is C58H108O5. The molecule has 0 rings (SSSR count). The lowest BCUT2D eigenvalue weighted by Crippen LogP contribution is -2.28. The van der Waals surface area contributed by atoms with E-state index in [0.29, 0.717) is 12.8 Å². The zero-order valence-corrected chi connectivity index (χ0v) is 42.4. The van der Waals surface area contributed by atoms with Gasteiger partial charge in [0, 0.05) is 12.8 Å². The first-order chi connectivity index (χ1) is 31.1. The van der Waals surface area contributed by atoms with Crippen LogP contribution in [0.25, 0.3) is 0 Å². The number of carbonyl (C=O) groups is 2. The SMILES string of the molecule is CCCCCCC/C=C\C/C=C\C/C=C\CCCCCCCCCCCCC(=O)OC(CO)COC(=O)CCCCCCCCCCCCCCCCCCCCCCCCCC. The zero-order valence-electron chi connectivity index (χ0n) is 42.4. The van der Waals surface area contributed by atoms with E-state index in [1.165, 1.54) is 231 Å². The van der Waals surface area contributed by atoms with Crippen molar-refractivity contribution >= 4 is 11.9 Å². The molecule has 0 bridgehead atoms. The topological polar surface area (TPSA) is 72.8 Å². The molecule has 1 N–H and O–H groups in total. The molecule has 5 nitrogen and oxygen atoms in total. The van der Waals surface area contributed by atoms with Crippen molar-refractivity contribution in [3.8, 4) is 0 Å². The smallest absolute Gasteiger partial charge is 0.306 e. The van der Waals surface area contributed by atoms with Gasteiger partial charge in [0.05, 0.1) is 6.61 Å². The number of hydrogen-bond acceptors (Lipinski definition) is 5. The van der Waals surface area contributed by atoms with E-state index in [0.717, 1.165) is 44.9 Å². The number of aliphatic hydroxyl groups excluding tert-OH is 1. The summed E-state index contributed by atoms with van der Waals surface area (Å²) in [5.41, 5.74) is 0. The molecule has 0 saturated carbocycles. The van der Waals surface area contributed by atoms with Gasteiger partial charge < -0.3 is 14.6 Å². The summed E-state index contributed by atoms with van der Waals surface area (Å²) in [4.78, 5) is 24.5. The Morgan fingerprint density at radius 1 is 0.365 bits per heavy atom. The van der Waals surface area contributed by atoms with Crippen molar-refractivity contribution in [2.75, 3.05) is 13.2 Å². The molecule has 0 aromatic heterocycles. The normalized spacial score (nSPS) is 12.4. The third-order valence-corrected chi connectivity index (χ3v) is 12.7. The minimum atomic E-state index is -0.772. The maximum Gasteiger partial charge on any atom is 0.306 e. The highest BCUT2D eigenvalue weighted by molar-refractivity contribution is 5.70. The van der Waals surface area contributed by atoms with Crippen molar-refractivity contribution in [1.82, 2.24) is 0 Å². The van der Waals surface area contributed by atoms with Crippen molar-refractivity contribution in [1.29, 1.82) is 0 Å². The highest BCUT2D eigenvalue weighted by Gasteiger charge is 2.16. The Balaban J connectivity index is 3.46. The molecule has 5 heteroatoms. The van der Waals surface area contributed by atoms with Gasteiger partial charge in [-0.15, -0.1) is 0 Å². The molecule has 0 fully saturated rings. The average Bonchev–Trinajstić information content (AvgIpc) is 3.29. The van der Waals surface area contributed by atoms with Crippen LogP contribution in [-0.4, -0.2) is 36.4 Å². The minimum absolute atomic E-state index is 0.0631. The lowest BCUT2D eigenvalue weighted by atomic mass is 10.0. The fourth-order valence-electron chi connectivity index (χ4n) is 8.45. The van der Waals surface area contributed by atoms with Crippen molar-refractivity contribution in [2.24, 2.45) is 0 Å². The Labute approximate surface area is 393 Å². The van der Waals surface area contributed by atoms with Crippen molar-refractivity contribution in [3.63, 3.8) is 0 Å². The van der Waals surface area contributed by atoms with Gasteiger partial charge in [-0.1, -0.05) is 275 Å². The molecular weight excluding hydrogens is 777 g/mol. The molecule has 0 saturated heterocycles. The minimum Gasteiger partial charge on any atom is -0.462 e. The number of aliphatic hydroxyl groups is 1. The third-order valence-electron chi connectivity index (χ3n) is 12.7. The van der Waals surface area contributed by atoms with Gasteiger partial charge >= 0.3 is 11.9 Å². The van der Waals surface area contributed by atoms with Gasteiger partial charge in [0.15, 0.2) is 6.10 Å². The predicted octanol–water partition coefficient (Wildman–Crippen LogP) is 18.7. The van der Waals surface area contributed by atoms with E-state index < -0.39 is 6.10 Å². The van der Waals surface area contributed by atoms with Crippen LogP contribution in [-0.2, 0) is 19.1 Å². The molecule has 0 spiro atoms. The van der Waals surface area contributed by atoms with Gasteiger partial charge in [-0.2, -0.15) is 0 Å². The molecule has 0 aromatic rings. The fourth-order valence-corrected chi connectivity index (χ4v) is 8.45. The van der Waals surface area contributed by atoms with E-state index in [4.69, 9.17) is 9.47 Å². The maximum atomic E-state index is 12.3. The van der Waals surface area contributed by atoms with E-state index in [1.54, 1.807) is 0 Å². The highest BCUT2D eigenvalue weighted by atomic mass is 16.6. The van der Waals surface area contributed by atoms with Crippen LogP contribution in [0.1, 0.15) is 303 Å². The quantitative estimate of drug-likeness (QED) is 0.0374. The van der Waals surface area contributed by atoms with Crippen LogP contribution in [0.2, 0.25) is 0 Å². The summed E-state index contributed by atoms with van der Waals surface area (Å²) < 4.78 is 10.7. The Morgan fingerprint density at radius 3 is 0.952 bits per heavy atom. The largest absolute Gasteiger partial charge is 0.462 e. The van der Waals surface area contributed by atoms with Crippen LogP contribution < -0.4 is 0 Å². The lowest BCUT2D eigenvalue weighted by Gasteiger charge is -2.15. The Hall–Kier alpha value is -1.88. The maximum absolute atomic E-state index is 12.3. The van der Waals surface area contributed by atoms with Crippen molar-refractivity contribution in [2.45, 2.75) is 309 Å². The Kier molecular flexibility index (Phi) is 52.8. The first-order valence-corrected chi connectivity index (χ1v) is 28.0. The van der Waals surface area contributed by atoms with Crippen LogP contribution in [0.15, 0.2) is 36.5 Å². The number of allylic oxidation sites excluding steroid dienone is 6. The third kappa shape index (κ3) is 52.6. The predicted molar refractivity (Wildman–Crippen MR) is 274 cm³/mol. The number of rotatable bonds is 52. The molecule has 0 amide bonds. The molecule has 0 aliphatic rings. The van der Waals surface area contributed by atoms with Crippen LogP contribution in [0.4, 0.5) is 0 Å². The number of unbranched alkanes of at least 4 members (excludes halogenated alkanes) is 38. The summed E-state index contributed by atoms with van der Waals surface area (Å²) in [5, 5.41) is 9.65. The van der Waals surface area contributed by atoms with E-state index in [-0.39, 0.29) is 25.2 Å². The Bertz CT molecular complexity index is 1000. The molecule has 0 aromatic carbocycles. The highest BCUT2D eigenvalue weighted by Crippen LogP contribution is 2.17. The summed E-state index contributed by atoms with van der Waals surface area (Å²) in [5.74, 6) is -0.579. The monoisotopic (exact) mass is 885 g/mol. The van der Waals surface area contributed by atoms with E-state index in [1.807, 2.05) is 0 Å². The lowest BCUT2D eigenvalue weighted by molar-refractivity contribution is -0.161. The van der Waals surface area contributed by atoms with Gasteiger partial charge in [0.2, 0.25) is 0 Å².